The average molecular weight is 289 g/mol. The number of amidine groups is 1. The van der Waals surface area contributed by atoms with Gasteiger partial charge in [0.05, 0.1) is 19.8 Å². The maximum atomic E-state index is 12.3. The molecule has 4 N–H and O–H groups in total. The third-order valence-electron chi connectivity index (χ3n) is 3.34. The van der Waals surface area contributed by atoms with Crippen LogP contribution in [0.2, 0.25) is 0 Å². The maximum absolute atomic E-state index is 12.3. The second kappa shape index (κ2) is 8.72. The molecule has 0 aromatic carbocycles. The topological polar surface area (TPSA) is 115 Å². The smallest absolute Gasteiger partial charge is 0.234 e. The first kappa shape index (κ1) is 16.7. The number of rotatable bonds is 8. The zero-order valence-electron chi connectivity index (χ0n) is 11.8. The van der Waals surface area contributed by atoms with Crippen molar-refractivity contribution in [3.05, 3.63) is 0 Å². The van der Waals surface area contributed by atoms with Crippen LogP contribution in [-0.2, 0) is 19.0 Å². The van der Waals surface area contributed by atoms with Gasteiger partial charge in [-0.3, -0.25) is 4.79 Å². The van der Waals surface area contributed by atoms with Crippen LogP contribution in [0.3, 0.4) is 0 Å². The maximum Gasteiger partial charge on any atom is 0.234 e. The van der Waals surface area contributed by atoms with Crippen LogP contribution in [0.5, 0.6) is 0 Å². The number of oxime groups is 1. The molecule has 1 amide bonds. The van der Waals surface area contributed by atoms with Crippen molar-refractivity contribution in [3.63, 3.8) is 0 Å². The van der Waals surface area contributed by atoms with E-state index in [0.29, 0.717) is 52.4 Å². The van der Waals surface area contributed by atoms with Crippen LogP contribution in [0.25, 0.3) is 0 Å². The number of amides is 1. The first-order valence-corrected chi connectivity index (χ1v) is 6.58. The fourth-order valence-electron chi connectivity index (χ4n) is 2.07. The molecule has 1 rings (SSSR count). The van der Waals surface area contributed by atoms with Crippen molar-refractivity contribution in [1.29, 1.82) is 0 Å². The zero-order valence-corrected chi connectivity index (χ0v) is 11.8. The van der Waals surface area contributed by atoms with Gasteiger partial charge in [0.25, 0.3) is 0 Å². The highest BCUT2D eigenvalue weighted by Gasteiger charge is 2.44. The van der Waals surface area contributed by atoms with E-state index in [1.807, 2.05) is 0 Å². The Kier molecular flexibility index (Phi) is 7.27. The summed E-state index contributed by atoms with van der Waals surface area (Å²) >= 11 is 0. The van der Waals surface area contributed by atoms with Crippen LogP contribution < -0.4 is 11.1 Å². The lowest BCUT2D eigenvalue weighted by atomic mass is 9.78. The highest BCUT2D eigenvalue weighted by Crippen LogP contribution is 2.31. The van der Waals surface area contributed by atoms with Crippen LogP contribution in [-0.4, -0.2) is 63.6 Å². The molecule has 1 heterocycles. The van der Waals surface area contributed by atoms with E-state index < -0.39 is 5.41 Å². The lowest BCUT2D eigenvalue weighted by Gasteiger charge is -2.34. The number of hydrogen-bond acceptors (Lipinski definition) is 6. The summed E-state index contributed by atoms with van der Waals surface area (Å²) in [6.45, 7) is 2.56. The molecule has 8 nitrogen and oxygen atoms in total. The minimum Gasteiger partial charge on any atom is -0.409 e. The number of nitrogens with one attached hydrogen (secondary N) is 1. The summed E-state index contributed by atoms with van der Waals surface area (Å²) in [6.07, 6.45) is 0.804. The molecule has 0 unspecified atom stereocenters. The first-order chi connectivity index (χ1) is 9.67. The summed E-state index contributed by atoms with van der Waals surface area (Å²) in [5.41, 5.74) is 4.70. The predicted octanol–water partition coefficient (Wildman–Crippen LogP) is -0.691. The normalized spacial score (nSPS) is 18.8. The molecule has 0 atom stereocenters. The van der Waals surface area contributed by atoms with Gasteiger partial charge in [-0.1, -0.05) is 5.16 Å². The van der Waals surface area contributed by atoms with Gasteiger partial charge in [-0.2, -0.15) is 0 Å². The van der Waals surface area contributed by atoms with Crippen molar-refractivity contribution < 1.29 is 24.2 Å². The summed E-state index contributed by atoms with van der Waals surface area (Å²) in [5.74, 6) is -0.329. The van der Waals surface area contributed by atoms with Crippen molar-refractivity contribution >= 4 is 11.7 Å². The Morgan fingerprint density at radius 3 is 2.70 bits per heavy atom. The number of methoxy groups -OCH3 is 1. The van der Waals surface area contributed by atoms with Crippen LogP contribution in [0.15, 0.2) is 5.16 Å². The summed E-state index contributed by atoms with van der Waals surface area (Å²) in [5, 5.41) is 14.6. The standard InChI is InChI=1S/C12H23N3O5/c1-18-8-9-20-7-4-14-11(16)12(10(13)15-17)2-5-19-6-3-12/h17H,2-9H2,1H3,(H2,13,15)(H,14,16). The fraction of sp³-hybridized carbons (Fsp3) is 0.833. The van der Waals surface area contributed by atoms with E-state index >= 15 is 0 Å². The van der Waals surface area contributed by atoms with E-state index in [-0.39, 0.29) is 11.7 Å². The third kappa shape index (κ3) is 4.32. The number of carbonyl (C=O) groups excluding carboxylic acids is 1. The summed E-state index contributed by atoms with van der Waals surface area (Å²) in [7, 11) is 1.59. The number of hydrogen-bond donors (Lipinski definition) is 3. The van der Waals surface area contributed by atoms with E-state index in [0.717, 1.165) is 0 Å². The molecule has 1 fully saturated rings. The molecule has 0 aromatic rings. The predicted molar refractivity (Wildman–Crippen MR) is 71.6 cm³/mol. The van der Waals surface area contributed by atoms with Gasteiger partial charge in [0.1, 0.15) is 5.41 Å². The largest absolute Gasteiger partial charge is 0.409 e. The van der Waals surface area contributed by atoms with Crippen LogP contribution >= 0.6 is 0 Å². The molecule has 0 aromatic heterocycles. The molecule has 0 spiro atoms. The highest BCUT2D eigenvalue weighted by molar-refractivity contribution is 6.06. The van der Waals surface area contributed by atoms with E-state index in [1.54, 1.807) is 7.11 Å². The minimum atomic E-state index is -0.987. The van der Waals surface area contributed by atoms with E-state index in [9.17, 15) is 4.79 Å². The Morgan fingerprint density at radius 1 is 1.40 bits per heavy atom. The molecule has 0 bridgehead atoms. The average Bonchev–Trinajstić information content (AvgIpc) is 2.50. The Balaban J connectivity index is 2.44. The van der Waals surface area contributed by atoms with Crippen molar-refractivity contribution in [3.8, 4) is 0 Å². The van der Waals surface area contributed by atoms with Crippen LogP contribution in [0, 0.1) is 5.41 Å². The van der Waals surface area contributed by atoms with Gasteiger partial charge < -0.3 is 30.5 Å². The molecule has 1 saturated heterocycles. The van der Waals surface area contributed by atoms with Gasteiger partial charge in [0.15, 0.2) is 5.84 Å². The van der Waals surface area contributed by atoms with E-state index in [4.69, 9.17) is 25.2 Å². The summed E-state index contributed by atoms with van der Waals surface area (Å²) in [4.78, 5) is 12.3. The van der Waals surface area contributed by atoms with Gasteiger partial charge in [-0.05, 0) is 12.8 Å². The second-order valence-corrected chi connectivity index (χ2v) is 4.54. The van der Waals surface area contributed by atoms with Crippen LogP contribution in [0.4, 0.5) is 0 Å². The molecule has 1 aliphatic rings. The quantitative estimate of drug-likeness (QED) is 0.179. The van der Waals surface area contributed by atoms with Crippen molar-refractivity contribution in [2.24, 2.45) is 16.3 Å². The van der Waals surface area contributed by atoms with Crippen LogP contribution in [0.1, 0.15) is 12.8 Å². The van der Waals surface area contributed by atoms with Gasteiger partial charge in [-0.15, -0.1) is 0 Å². The van der Waals surface area contributed by atoms with Crippen molar-refractivity contribution in [2.45, 2.75) is 12.8 Å². The molecule has 20 heavy (non-hydrogen) atoms. The number of nitrogens with zero attached hydrogens (tertiary/aromatic N) is 1. The molecule has 116 valence electrons. The molecule has 0 aliphatic carbocycles. The third-order valence-corrected chi connectivity index (χ3v) is 3.34. The van der Waals surface area contributed by atoms with Crippen molar-refractivity contribution in [1.82, 2.24) is 5.32 Å². The molecule has 8 heteroatoms. The SMILES string of the molecule is COCCOCCNC(=O)C1(C(N)=NO)CCOCC1. The highest BCUT2D eigenvalue weighted by atomic mass is 16.5. The lowest BCUT2D eigenvalue weighted by Crippen LogP contribution is -2.53. The van der Waals surface area contributed by atoms with E-state index in [2.05, 4.69) is 10.5 Å². The zero-order chi connectivity index (χ0) is 14.8. The van der Waals surface area contributed by atoms with E-state index in [1.165, 1.54) is 0 Å². The Labute approximate surface area is 118 Å². The lowest BCUT2D eigenvalue weighted by molar-refractivity contribution is -0.131. The second-order valence-electron chi connectivity index (χ2n) is 4.54. The molecular formula is C12H23N3O5. The Morgan fingerprint density at radius 2 is 2.10 bits per heavy atom. The summed E-state index contributed by atoms with van der Waals surface area (Å²) < 4.78 is 15.3. The number of carbonyl (C=O) groups is 1. The van der Waals surface area contributed by atoms with Gasteiger partial charge in [0, 0.05) is 26.9 Å². The molecule has 1 aliphatic heterocycles. The minimum absolute atomic E-state index is 0.0707. The molecule has 0 radical (unpaired) electrons. The first-order valence-electron chi connectivity index (χ1n) is 6.58. The van der Waals surface area contributed by atoms with Gasteiger partial charge >= 0.3 is 0 Å². The number of ether oxygens (including phenoxy) is 3. The van der Waals surface area contributed by atoms with Crippen molar-refractivity contribution in [2.75, 3.05) is 46.7 Å². The molecule has 0 saturated carbocycles. The monoisotopic (exact) mass is 289 g/mol. The molecular weight excluding hydrogens is 266 g/mol. The van der Waals surface area contributed by atoms with Gasteiger partial charge in [0.2, 0.25) is 5.91 Å². The Hall–Kier alpha value is -1.38. The van der Waals surface area contributed by atoms with Gasteiger partial charge in [-0.25, -0.2) is 0 Å². The Bertz CT molecular complexity index is 329. The number of nitrogens with two attached hydrogens (primary N) is 1. The summed E-state index contributed by atoms with van der Waals surface area (Å²) in [6, 6.07) is 0. The fourth-order valence-corrected chi connectivity index (χ4v) is 2.07.